The number of rotatable bonds is 4. The summed E-state index contributed by atoms with van der Waals surface area (Å²) in [6, 6.07) is 1.65. The van der Waals surface area contributed by atoms with Crippen molar-refractivity contribution in [2.45, 2.75) is 6.54 Å². The van der Waals surface area contributed by atoms with Gasteiger partial charge in [-0.1, -0.05) is 0 Å². The van der Waals surface area contributed by atoms with Crippen molar-refractivity contribution in [3.8, 4) is 5.88 Å². The minimum Gasteiger partial charge on any atom is -0.481 e. The van der Waals surface area contributed by atoms with Crippen molar-refractivity contribution < 1.29 is 9.53 Å². The summed E-state index contributed by atoms with van der Waals surface area (Å²) in [5.41, 5.74) is 0. The third-order valence-corrected chi connectivity index (χ3v) is 4.33. The quantitative estimate of drug-likeness (QED) is 0.897. The van der Waals surface area contributed by atoms with Crippen molar-refractivity contribution in [2.75, 3.05) is 38.2 Å². The molecule has 1 aliphatic heterocycles. The number of aromatic nitrogens is 3. The molecule has 0 bridgehead atoms. The Labute approximate surface area is 138 Å². The molecule has 1 saturated heterocycles. The Morgan fingerprint density at radius 3 is 2.83 bits per heavy atom. The zero-order chi connectivity index (χ0) is 16.1. The van der Waals surface area contributed by atoms with Crippen molar-refractivity contribution in [2.24, 2.45) is 0 Å². The molecule has 0 saturated carbocycles. The summed E-state index contributed by atoms with van der Waals surface area (Å²) in [6.07, 6.45) is 3.41. The van der Waals surface area contributed by atoms with E-state index in [1.54, 1.807) is 30.5 Å². The van der Waals surface area contributed by atoms with Gasteiger partial charge in [-0.2, -0.15) is 4.98 Å². The van der Waals surface area contributed by atoms with Gasteiger partial charge >= 0.3 is 6.03 Å². The number of piperazine rings is 1. The molecule has 0 spiro atoms. The van der Waals surface area contributed by atoms with E-state index in [0.29, 0.717) is 44.6 Å². The molecule has 1 N–H and O–H groups in total. The summed E-state index contributed by atoms with van der Waals surface area (Å²) in [6.45, 7) is 3.11. The van der Waals surface area contributed by atoms with Crippen LogP contribution in [-0.2, 0) is 6.54 Å². The number of ether oxygens (including phenoxy) is 1. The third-order valence-electron chi connectivity index (χ3n) is 3.55. The first kappa shape index (κ1) is 15.5. The number of anilines is 1. The zero-order valence-corrected chi connectivity index (χ0v) is 13.6. The Hall–Kier alpha value is -2.42. The number of carbonyl (C=O) groups excluding carboxylic acids is 1. The molecule has 23 heavy (non-hydrogen) atoms. The van der Waals surface area contributed by atoms with E-state index < -0.39 is 0 Å². The fraction of sp³-hybridized carbons (Fsp3) is 0.429. The van der Waals surface area contributed by atoms with Crippen LogP contribution in [0.1, 0.15) is 5.01 Å². The van der Waals surface area contributed by atoms with E-state index >= 15 is 0 Å². The highest BCUT2D eigenvalue weighted by Crippen LogP contribution is 2.14. The number of carbonyl (C=O) groups is 1. The molecule has 0 unspecified atom stereocenters. The summed E-state index contributed by atoms with van der Waals surface area (Å²) < 4.78 is 5.12. The standard InChI is InChI=1S/C14H18N6O2S/c1-22-11-2-3-16-13(18-11)19-5-7-20(8-6-19)14(21)17-10-12-15-4-9-23-12/h2-4,9H,5-8,10H2,1H3,(H,17,21). The fourth-order valence-electron chi connectivity index (χ4n) is 2.31. The fourth-order valence-corrected chi connectivity index (χ4v) is 2.87. The number of thiazole rings is 1. The first-order valence-corrected chi connectivity index (χ1v) is 8.17. The maximum atomic E-state index is 12.2. The van der Waals surface area contributed by atoms with Gasteiger partial charge in [-0.3, -0.25) is 0 Å². The molecule has 0 aliphatic carbocycles. The van der Waals surface area contributed by atoms with Crippen LogP contribution in [0.3, 0.4) is 0 Å². The number of nitrogens with zero attached hydrogens (tertiary/aromatic N) is 5. The number of nitrogens with one attached hydrogen (secondary N) is 1. The summed E-state index contributed by atoms with van der Waals surface area (Å²) >= 11 is 1.53. The van der Waals surface area contributed by atoms with Crippen molar-refractivity contribution in [1.82, 2.24) is 25.2 Å². The van der Waals surface area contributed by atoms with Gasteiger partial charge in [-0.05, 0) is 0 Å². The molecule has 8 nitrogen and oxygen atoms in total. The molecule has 1 fully saturated rings. The molecule has 2 amide bonds. The van der Waals surface area contributed by atoms with Crippen molar-refractivity contribution in [3.05, 3.63) is 28.8 Å². The van der Waals surface area contributed by atoms with Crippen LogP contribution in [0.25, 0.3) is 0 Å². The van der Waals surface area contributed by atoms with Gasteiger partial charge in [-0.15, -0.1) is 11.3 Å². The van der Waals surface area contributed by atoms with Crippen molar-refractivity contribution >= 4 is 23.3 Å². The minimum atomic E-state index is -0.0635. The van der Waals surface area contributed by atoms with Crippen LogP contribution in [0.4, 0.5) is 10.7 Å². The molecule has 2 aromatic heterocycles. The topological polar surface area (TPSA) is 83.5 Å². The molecule has 2 aromatic rings. The van der Waals surface area contributed by atoms with Crippen LogP contribution in [0, 0.1) is 0 Å². The SMILES string of the molecule is COc1ccnc(N2CCN(C(=O)NCc3nccs3)CC2)n1. The lowest BCUT2D eigenvalue weighted by molar-refractivity contribution is 0.193. The van der Waals surface area contributed by atoms with Gasteiger partial charge in [-0.25, -0.2) is 14.8 Å². The van der Waals surface area contributed by atoms with Gasteiger partial charge in [0.2, 0.25) is 11.8 Å². The Bertz CT molecular complexity index is 642. The zero-order valence-electron chi connectivity index (χ0n) is 12.8. The van der Waals surface area contributed by atoms with Crippen LogP contribution in [0.2, 0.25) is 0 Å². The molecule has 122 valence electrons. The number of hydrogen-bond acceptors (Lipinski definition) is 7. The molecular weight excluding hydrogens is 316 g/mol. The number of hydrogen-bond donors (Lipinski definition) is 1. The summed E-state index contributed by atoms with van der Waals surface area (Å²) in [4.78, 5) is 28.7. The van der Waals surface area contributed by atoms with Crippen LogP contribution in [-0.4, -0.2) is 59.2 Å². The highest BCUT2D eigenvalue weighted by molar-refractivity contribution is 7.09. The summed E-state index contributed by atoms with van der Waals surface area (Å²) in [7, 11) is 1.58. The van der Waals surface area contributed by atoms with Crippen LogP contribution in [0.5, 0.6) is 5.88 Å². The molecule has 0 aromatic carbocycles. The molecule has 3 rings (SSSR count). The Morgan fingerprint density at radius 1 is 1.30 bits per heavy atom. The molecular formula is C14H18N6O2S. The highest BCUT2D eigenvalue weighted by atomic mass is 32.1. The second-order valence-corrected chi connectivity index (χ2v) is 5.94. The second-order valence-electron chi connectivity index (χ2n) is 4.96. The average Bonchev–Trinajstić information content (AvgIpc) is 3.13. The number of methoxy groups -OCH3 is 1. The lowest BCUT2D eigenvalue weighted by Crippen LogP contribution is -2.52. The van der Waals surface area contributed by atoms with Crippen LogP contribution >= 0.6 is 11.3 Å². The highest BCUT2D eigenvalue weighted by Gasteiger charge is 2.22. The third kappa shape index (κ3) is 3.86. The van der Waals surface area contributed by atoms with E-state index in [0.717, 1.165) is 5.01 Å². The number of amides is 2. The van der Waals surface area contributed by atoms with E-state index in [-0.39, 0.29) is 6.03 Å². The summed E-state index contributed by atoms with van der Waals surface area (Å²) in [5, 5.41) is 5.69. The Balaban J connectivity index is 1.50. The van der Waals surface area contributed by atoms with Gasteiger partial charge in [0.15, 0.2) is 0 Å². The molecule has 1 aliphatic rings. The predicted molar refractivity (Wildman–Crippen MR) is 86.7 cm³/mol. The van der Waals surface area contributed by atoms with Gasteiger partial charge in [0.05, 0.1) is 13.7 Å². The Morgan fingerprint density at radius 2 is 2.13 bits per heavy atom. The number of urea groups is 1. The van der Waals surface area contributed by atoms with Crippen LogP contribution < -0.4 is 15.0 Å². The first-order chi connectivity index (χ1) is 11.3. The predicted octanol–water partition coefficient (Wildman–Crippen LogP) is 0.973. The van der Waals surface area contributed by atoms with E-state index in [1.165, 1.54) is 11.3 Å². The summed E-state index contributed by atoms with van der Waals surface area (Å²) in [5.74, 6) is 1.17. The lowest BCUT2D eigenvalue weighted by atomic mass is 10.3. The van der Waals surface area contributed by atoms with Crippen molar-refractivity contribution in [3.63, 3.8) is 0 Å². The van der Waals surface area contributed by atoms with Crippen molar-refractivity contribution in [1.29, 1.82) is 0 Å². The van der Waals surface area contributed by atoms with E-state index in [1.807, 2.05) is 10.3 Å². The molecule has 0 atom stereocenters. The van der Waals surface area contributed by atoms with Gasteiger partial charge in [0, 0.05) is 50.0 Å². The van der Waals surface area contributed by atoms with E-state index in [2.05, 4.69) is 20.3 Å². The minimum absolute atomic E-state index is 0.0635. The van der Waals surface area contributed by atoms with Gasteiger partial charge < -0.3 is 19.9 Å². The molecule has 3 heterocycles. The molecule has 0 radical (unpaired) electrons. The maximum absolute atomic E-state index is 12.2. The van der Waals surface area contributed by atoms with Gasteiger partial charge in [0.1, 0.15) is 5.01 Å². The smallest absolute Gasteiger partial charge is 0.317 e. The van der Waals surface area contributed by atoms with Gasteiger partial charge in [0.25, 0.3) is 0 Å². The normalized spacial score (nSPS) is 14.7. The van der Waals surface area contributed by atoms with Crippen LogP contribution in [0.15, 0.2) is 23.8 Å². The average molecular weight is 334 g/mol. The first-order valence-electron chi connectivity index (χ1n) is 7.29. The molecule has 9 heteroatoms. The lowest BCUT2D eigenvalue weighted by Gasteiger charge is -2.34. The van der Waals surface area contributed by atoms with E-state index in [9.17, 15) is 4.79 Å². The largest absolute Gasteiger partial charge is 0.481 e. The second kappa shape index (κ2) is 7.23. The monoisotopic (exact) mass is 334 g/mol. The maximum Gasteiger partial charge on any atom is 0.317 e. The van der Waals surface area contributed by atoms with E-state index in [4.69, 9.17) is 4.74 Å². The Kier molecular flexibility index (Phi) is 4.86.